The molecule has 6 rings (SSSR count). The predicted octanol–water partition coefficient (Wildman–Crippen LogP) is 5.31. The minimum Gasteiger partial charge on any atom is -0.497 e. The van der Waals surface area contributed by atoms with Gasteiger partial charge in [0.05, 0.1) is 25.9 Å². The van der Waals surface area contributed by atoms with E-state index in [0.29, 0.717) is 41.6 Å². The van der Waals surface area contributed by atoms with E-state index in [-0.39, 0.29) is 5.92 Å². The normalized spacial score (nSPS) is 25.3. The lowest BCUT2D eigenvalue weighted by atomic mass is 9.71. The summed E-state index contributed by atoms with van der Waals surface area (Å²) in [6.07, 6.45) is -0.803. The maximum atomic E-state index is 12.6. The van der Waals surface area contributed by atoms with Crippen molar-refractivity contribution in [3.05, 3.63) is 119 Å². The van der Waals surface area contributed by atoms with Crippen LogP contribution in [0.5, 0.6) is 23.0 Å². The highest BCUT2D eigenvalue weighted by Gasteiger charge is 2.73. The summed E-state index contributed by atoms with van der Waals surface area (Å²) in [7, 11) is 3.16. The molecule has 1 aliphatic carbocycles. The summed E-state index contributed by atoms with van der Waals surface area (Å²) in [5.74, 6) is 1.71. The molecule has 0 aromatic heterocycles. The van der Waals surface area contributed by atoms with Gasteiger partial charge in [0.1, 0.15) is 29.6 Å². The molecule has 1 aliphatic heterocycles. The molecule has 2 N–H and O–H groups in total. The number of aliphatic hydroxyl groups is 2. The van der Waals surface area contributed by atoms with Crippen LogP contribution < -0.4 is 18.9 Å². The zero-order chi connectivity index (χ0) is 26.3. The molecular weight excluding hydrogens is 480 g/mol. The second-order valence-electron chi connectivity index (χ2n) is 9.82. The number of hydrogen-bond acceptors (Lipinski definition) is 6. The topological polar surface area (TPSA) is 77.4 Å². The maximum absolute atomic E-state index is 12.6. The van der Waals surface area contributed by atoms with Gasteiger partial charge in [0, 0.05) is 18.1 Å². The fourth-order valence-electron chi connectivity index (χ4n) is 6.13. The number of hydrogen-bond donors (Lipinski definition) is 2. The van der Waals surface area contributed by atoms with Crippen molar-refractivity contribution in [3.63, 3.8) is 0 Å². The van der Waals surface area contributed by atoms with Crippen molar-refractivity contribution < 1.29 is 29.2 Å². The van der Waals surface area contributed by atoms with Gasteiger partial charge in [0.25, 0.3) is 0 Å². The van der Waals surface area contributed by atoms with E-state index in [0.717, 1.165) is 16.7 Å². The van der Waals surface area contributed by atoms with Crippen LogP contribution in [0, 0.1) is 0 Å². The summed E-state index contributed by atoms with van der Waals surface area (Å²) in [6.45, 7) is 0.367. The smallest absolute Gasteiger partial charge is 0.176 e. The molecule has 6 heteroatoms. The Balaban J connectivity index is 1.50. The van der Waals surface area contributed by atoms with Gasteiger partial charge in [-0.3, -0.25) is 0 Å². The fraction of sp³-hybridized carbons (Fsp3) is 0.250. The van der Waals surface area contributed by atoms with Gasteiger partial charge in [0.15, 0.2) is 11.2 Å². The lowest BCUT2D eigenvalue weighted by molar-refractivity contribution is -0.150. The molecule has 6 nitrogen and oxygen atoms in total. The van der Waals surface area contributed by atoms with Crippen LogP contribution in [0.2, 0.25) is 0 Å². The zero-order valence-electron chi connectivity index (χ0n) is 21.3. The maximum Gasteiger partial charge on any atom is 0.176 e. The molecule has 0 spiro atoms. The number of methoxy groups -OCH3 is 2. The van der Waals surface area contributed by atoms with E-state index in [1.165, 1.54) is 0 Å². The number of ether oxygens (including phenoxy) is 4. The Kier molecular flexibility index (Phi) is 6.01. The van der Waals surface area contributed by atoms with Crippen LogP contribution in [0.4, 0.5) is 0 Å². The minimum atomic E-state index is -1.78. The predicted molar refractivity (Wildman–Crippen MR) is 143 cm³/mol. The molecular formula is C32H30O6. The second kappa shape index (κ2) is 9.39. The Morgan fingerprint density at radius 1 is 0.842 bits per heavy atom. The first-order chi connectivity index (χ1) is 18.5. The minimum absolute atomic E-state index is 0.307. The molecule has 4 aromatic carbocycles. The Morgan fingerprint density at radius 2 is 1.53 bits per heavy atom. The second-order valence-corrected chi connectivity index (χ2v) is 9.82. The van der Waals surface area contributed by atoms with Crippen molar-refractivity contribution in [1.29, 1.82) is 0 Å². The number of aliphatic hydroxyl groups excluding tert-OH is 1. The van der Waals surface area contributed by atoms with E-state index in [9.17, 15) is 10.2 Å². The molecule has 38 heavy (non-hydrogen) atoms. The molecule has 0 bridgehead atoms. The van der Waals surface area contributed by atoms with E-state index < -0.39 is 17.3 Å². The summed E-state index contributed by atoms with van der Waals surface area (Å²) >= 11 is 0. The van der Waals surface area contributed by atoms with Crippen LogP contribution in [0.25, 0.3) is 0 Å². The van der Waals surface area contributed by atoms with Gasteiger partial charge in [0.2, 0.25) is 0 Å². The third-order valence-corrected chi connectivity index (χ3v) is 7.88. The van der Waals surface area contributed by atoms with Gasteiger partial charge in [-0.05, 0) is 35.2 Å². The molecule has 2 aliphatic rings. The summed E-state index contributed by atoms with van der Waals surface area (Å²) in [4.78, 5) is 0. The molecule has 4 unspecified atom stereocenters. The van der Waals surface area contributed by atoms with Crippen LogP contribution in [-0.4, -0.2) is 30.5 Å². The number of rotatable bonds is 7. The third kappa shape index (κ3) is 3.56. The summed E-state index contributed by atoms with van der Waals surface area (Å²) in [5.41, 5.74) is 0.0577. The molecule has 194 valence electrons. The lowest BCUT2D eigenvalue weighted by Gasteiger charge is -2.40. The molecule has 1 saturated carbocycles. The molecule has 0 saturated heterocycles. The van der Waals surface area contributed by atoms with Gasteiger partial charge >= 0.3 is 0 Å². The first-order valence-corrected chi connectivity index (χ1v) is 12.7. The molecule has 0 amide bonds. The van der Waals surface area contributed by atoms with E-state index in [1.54, 1.807) is 26.4 Å². The van der Waals surface area contributed by atoms with Crippen molar-refractivity contribution in [2.75, 3.05) is 14.2 Å². The van der Waals surface area contributed by atoms with Crippen LogP contribution in [0.15, 0.2) is 97.1 Å². The highest BCUT2D eigenvalue weighted by Crippen LogP contribution is 2.68. The number of fused-ring (bicyclic) bond motifs is 3. The molecule has 4 aromatic rings. The van der Waals surface area contributed by atoms with Gasteiger partial charge in [-0.1, -0.05) is 72.8 Å². The summed E-state index contributed by atoms with van der Waals surface area (Å²) < 4.78 is 24.1. The first-order valence-electron chi connectivity index (χ1n) is 12.7. The average molecular weight is 511 g/mol. The first kappa shape index (κ1) is 24.3. The van der Waals surface area contributed by atoms with Crippen LogP contribution in [0.3, 0.4) is 0 Å². The Labute approximate surface area is 222 Å². The van der Waals surface area contributed by atoms with Crippen molar-refractivity contribution in [2.24, 2.45) is 0 Å². The molecule has 1 heterocycles. The summed E-state index contributed by atoms with van der Waals surface area (Å²) in [5, 5.41) is 24.2. The van der Waals surface area contributed by atoms with Gasteiger partial charge < -0.3 is 29.2 Å². The summed E-state index contributed by atoms with van der Waals surface area (Å²) in [6, 6.07) is 30.7. The van der Waals surface area contributed by atoms with Crippen LogP contribution >= 0.6 is 0 Å². The van der Waals surface area contributed by atoms with Gasteiger partial charge in [-0.25, -0.2) is 0 Å². The monoisotopic (exact) mass is 510 g/mol. The van der Waals surface area contributed by atoms with E-state index >= 15 is 0 Å². The van der Waals surface area contributed by atoms with Crippen molar-refractivity contribution in [1.82, 2.24) is 0 Å². The SMILES string of the molecule is COc1ccc(C23Oc4cc(OCc5ccccc5)cc(OC)c4C2(O)C(O)CC3c2ccccc2)cc1. The molecule has 1 fully saturated rings. The van der Waals surface area contributed by atoms with Crippen LogP contribution in [-0.2, 0) is 17.8 Å². The standard InChI is InChI=1S/C32H30O6/c1-35-24-15-13-23(14-16-24)32-26(22-11-7-4-8-12-22)19-29(33)31(32,34)30-27(36-2)17-25(18-28(30)38-32)37-20-21-9-5-3-6-10-21/h3-18,26,29,33-34H,19-20H2,1-2H3. The Hall–Kier alpha value is -4.00. The van der Waals surface area contributed by atoms with E-state index in [4.69, 9.17) is 18.9 Å². The molecule has 4 atom stereocenters. The average Bonchev–Trinajstić information content (AvgIpc) is 3.37. The largest absolute Gasteiger partial charge is 0.497 e. The fourth-order valence-corrected chi connectivity index (χ4v) is 6.13. The van der Waals surface area contributed by atoms with Crippen LogP contribution in [0.1, 0.15) is 34.6 Å². The van der Waals surface area contributed by atoms with E-state index in [1.807, 2.05) is 84.9 Å². The molecule has 0 radical (unpaired) electrons. The Bertz CT molecular complexity index is 1420. The van der Waals surface area contributed by atoms with Gasteiger partial charge in [-0.2, -0.15) is 0 Å². The zero-order valence-corrected chi connectivity index (χ0v) is 21.3. The highest BCUT2D eigenvalue weighted by molar-refractivity contribution is 5.62. The quantitative estimate of drug-likeness (QED) is 0.351. The van der Waals surface area contributed by atoms with E-state index in [2.05, 4.69) is 0 Å². The van der Waals surface area contributed by atoms with Crippen molar-refractivity contribution in [3.8, 4) is 23.0 Å². The third-order valence-electron chi connectivity index (χ3n) is 7.88. The lowest BCUT2D eigenvalue weighted by Crippen LogP contribution is -2.52. The van der Waals surface area contributed by atoms with Crippen molar-refractivity contribution in [2.45, 2.75) is 36.3 Å². The number of benzene rings is 4. The highest BCUT2D eigenvalue weighted by atomic mass is 16.5. The van der Waals surface area contributed by atoms with Crippen molar-refractivity contribution >= 4 is 0 Å². The van der Waals surface area contributed by atoms with Gasteiger partial charge in [-0.15, -0.1) is 0 Å². The Morgan fingerprint density at radius 3 is 2.18 bits per heavy atom.